The van der Waals surface area contributed by atoms with E-state index in [0.29, 0.717) is 12.0 Å². The minimum absolute atomic E-state index is 0.00819. The third-order valence-corrected chi connectivity index (χ3v) is 25.8. The molecule has 8 aliphatic rings. The van der Waals surface area contributed by atoms with Crippen molar-refractivity contribution >= 4 is 69.7 Å². The molecule has 13 rings (SSSR count). The van der Waals surface area contributed by atoms with E-state index >= 15 is 0 Å². The number of nitrogens with two attached hydrogens (primary N) is 1. The number of aryl methyl sites for hydroxylation is 5. The number of nitrogens with one attached hydrogen (secondary N) is 4. The second-order valence-corrected chi connectivity index (χ2v) is 36.8. The molecule has 8 saturated heterocycles. The number of aromatic amines is 4. The van der Waals surface area contributed by atoms with E-state index in [2.05, 4.69) is 37.2 Å². The van der Waals surface area contributed by atoms with Crippen LogP contribution < -0.4 is 56.4 Å². The first kappa shape index (κ1) is 78.8. The molecule has 49 heteroatoms. The molecule has 0 saturated carbocycles. The molecule has 10 N–H and O–H groups in total. The van der Waals surface area contributed by atoms with Crippen molar-refractivity contribution in [1.29, 1.82) is 0 Å². The minimum Gasteiger partial charge on any atom is -0.387 e. The largest absolute Gasteiger partial charge is 0.472 e. The molecule has 0 amide bonds. The molecular formula is C57H75N11O31P4S3. The number of ether oxygens (including phenoxy) is 8. The molecule has 13 heterocycles. The number of aliphatic hydroxyl groups is 1. The van der Waals surface area contributed by atoms with E-state index in [4.69, 9.17) is 103 Å². The molecule has 42 nitrogen and oxygen atoms in total. The number of thiol groups is 1. The van der Waals surface area contributed by atoms with Gasteiger partial charge in [0.25, 0.3) is 22.2 Å². The van der Waals surface area contributed by atoms with Gasteiger partial charge < -0.3 is 77.0 Å². The SMILES string of the molecule is CC[C@H]1O[C@@H](n2cc(C)c(=O)[nH]c2=O)C[C@H]1OP(O)(=S)OC[C@H]1O[C@@H](n2cc(C)c(N)nc2=O)C[C@H]1OP(=O)(S)OC[C@]12O[C@@H](n3cc(C)c(=O)[nH]c3=O)C(O[C@H]1C)[C@H]2OP(=O)(O)OC[C@]12O[C@@H](n3cc(C)c(=O)[nH]c3=O)C(O[C@H]1C)[C@H]2OP(O)(=S)OC[C@]12O[C@@H](n3cc(C)c(=O)[nH]c3=O)C(O[C@H]1C)[C@H]2O. The Labute approximate surface area is 611 Å². The first-order valence-corrected chi connectivity index (χ1v) is 42.2. The first-order chi connectivity index (χ1) is 49.6. The van der Waals surface area contributed by atoms with Crippen molar-refractivity contribution in [3.8, 4) is 0 Å². The van der Waals surface area contributed by atoms with Crippen LogP contribution in [0.4, 0.5) is 5.82 Å². The van der Waals surface area contributed by atoms with E-state index in [1.54, 1.807) is 13.8 Å². The van der Waals surface area contributed by atoms with E-state index < -0.39 is 232 Å². The molecule has 0 spiro atoms. The fraction of sp³-hybridized carbons (Fsp3) is 0.649. The van der Waals surface area contributed by atoms with Gasteiger partial charge in [-0.1, -0.05) is 19.2 Å². The highest BCUT2D eigenvalue weighted by molar-refractivity contribution is 8.44. The van der Waals surface area contributed by atoms with Crippen molar-refractivity contribution in [2.45, 2.75) is 209 Å². The fourth-order valence-electron chi connectivity index (χ4n) is 14.3. The number of hydrogen-bond acceptors (Lipinski definition) is 32. The van der Waals surface area contributed by atoms with Crippen molar-refractivity contribution in [1.82, 2.24) is 47.8 Å². The van der Waals surface area contributed by atoms with Gasteiger partial charge in [-0.15, -0.1) is 0 Å². The Morgan fingerprint density at radius 3 is 1.45 bits per heavy atom. The Kier molecular flexibility index (Phi) is 21.4. The number of nitrogens with zero attached hydrogens (tertiary/aromatic N) is 6. The number of aromatic nitrogens is 10. The van der Waals surface area contributed by atoms with Gasteiger partial charge in [-0.2, -0.15) is 4.98 Å². The standard InChI is InChI=1S/C57H75N11O31P4S3/c1-10-30-31(11-34(91-30)65-14-23(3)43(70)60-51(65)75)96-101(81,104)84-18-33-32(12-35(92-33)64-13-22(2)42(58)59-50(64)74)97-102(82,105)87-21-57-29(9)89-37(48(95-57)67-16-25(5)45(72)62-53(67)77)40(57)98-100(79,80)85-20-56-28(8)90-38(49(94-56)68-17-26(6)46(73)63-54(68)78)41(56)99-103(83,106)86-19-55-27(7)88-36(39(55)69)47(93-55)66-15-24(4)44(71)61-52(66)76/h13-17,27-41,47-49,69H,10-12,18-21H2,1-9H3,(H,79,80)(H,81,104)(H,82,105)(H,83,106)(H2,58,59,74)(H,60,70,75)(H,61,71,76)(H,62,72,77)(H,63,73,78)/t27-,28-,29-,30+,31+,32+,33+,34+,35+,36?,37?,38?,39+,40+,41+,47+,48+,49+,55-,56-,57-,101?,102?,103?/m0/s1. The molecule has 582 valence electrons. The summed E-state index contributed by atoms with van der Waals surface area (Å²) in [7, 11) is -5.74. The van der Waals surface area contributed by atoms with Gasteiger partial charge in [-0.05, 0) is 85.4 Å². The highest BCUT2D eigenvalue weighted by Crippen LogP contribution is 2.64. The van der Waals surface area contributed by atoms with Crippen LogP contribution in [-0.4, -0.2) is 190 Å². The Bertz CT molecular complexity index is 5110. The molecule has 106 heavy (non-hydrogen) atoms. The summed E-state index contributed by atoms with van der Waals surface area (Å²) in [4.78, 5) is 165. The van der Waals surface area contributed by atoms with Crippen LogP contribution in [0.15, 0.2) is 74.1 Å². The third-order valence-electron chi connectivity index (χ3n) is 20.1. The number of phosphoric acid groups is 1. The lowest BCUT2D eigenvalue weighted by Crippen LogP contribution is -2.52. The number of H-pyrrole nitrogens is 4. The summed E-state index contributed by atoms with van der Waals surface area (Å²) in [6.07, 6.45) is -18.5. The quantitative estimate of drug-likeness (QED) is 0.0241. The van der Waals surface area contributed by atoms with Crippen molar-refractivity contribution in [3.05, 3.63) is 153 Å². The lowest BCUT2D eigenvalue weighted by atomic mass is 9.94. The summed E-state index contributed by atoms with van der Waals surface area (Å²) in [6.45, 7) is -4.31. The maximum absolute atomic E-state index is 15.0. The molecule has 25 atom stereocenters. The second-order valence-electron chi connectivity index (χ2n) is 26.9. The molecule has 5 aromatic rings. The number of nitrogen functional groups attached to an aromatic ring is 1. The minimum atomic E-state index is -5.74. The number of fused-ring (bicyclic) bond motifs is 6. The topological polar surface area (TPSA) is 543 Å². The van der Waals surface area contributed by atoms with Crippen LogP contribution >= 0.6 is 40.3 Å². The molecule has 5 aromatic heterocycles. The number of phosphoric ester groups is 1. The van der Waals surface area contributed by atoms with Crippen LogP contribution in [0, 0.1) is 34.6 Å². The Morgan fingerprint density at radius 2 is 0.934 bits per heavy atom. The van der Waals surface area contributed by atoms with E-state index in [0.717, 1.165) is 30.7 Å². The zero-order valence-electron chi connectivity index (χ0n) is 57.4. The van der Waals surface area contributed by atoms with Crippen molar-refractivity contribution < 1.29 is 103 Å². The molecule has 0 aliphatic carbocycles. The summed E-state index contributed by atoms with van der Waals surface area (Å²) in [5, 5.41) is 11.6. The van der Waals surface area contributed by atoms with Gasteiger partial charge in [0.05, 0.1) is 56.9 Å². The number of rotatable bonds is 26. The predicted octanol–water partition coefficient (Wildman–Crippen LogP) is -0.742. The summed E-state index contributed by atoms with van der Waals surface area (Å²) in [5.74, 6) is -0.0958. The zero-order valence-corrected chi connectivity index (χ0v) is 63.5. The highest BCUT2D eigenvalue weighted by atomic mass is 32.7. The highest BCUT2D eigenvalue weighted by Gasteiger charge is 2.72. The van der Waals surface area contributed by atoms with E-state index in [9.17, 15) is 72.1 Å². The van der Waals surface area contributed by atoms with E-state index in [1.807, 2.05) is 0 Å². The Morgan fingerprint density at radius 1 is 0.538 bits per heavy atom. The van der Waals surface area contributed by atoms with Gasteiger partial charge in [0.2, 0.25) is 0 Å². The summed E-state index contributed by atoms with van der Waals surface area (Å²) in [5.41, 5.74) is -7.15. The van der Waals surface area contributed by atoms with Crippen LogP contribution in [0.3, 0.4) is 0 Å². The van der Waals surface area contributed by atoms with Gasteiger partial charge in [0.1, 0.15) is 83.9 Å². The zero-order chi connectivity index (χ0) is 76.8. The monoisotopic (exact) mass is 1630 g/mol. The Balaban J connectivity index is 0.755. The maximum atomic E-state index is 15.0. The van der Waals surface area contributed by atoms with Gasteiger partial charge >= 0.3 is 56.5 Å². The summed E-state index contributed by atoms with van der Waals surface area (Å²) >= 11 is 15.4. The van der Waals surface area contributed by atoms with Crippen molar-refractivity contribution in [2.24, 2.45) is 0 Å². The Hall–Kier alpha value is -5.29. The number of hydrogen-bond donors (Lipinski definition) is 10. The van der Waals surface area contributed by atoms with Gasteiger partial charge in [0, 0.05) is 71.6 Å². The van der Waals surface area contributed by atoms with Crippen LogP contribution in [-0.2, 0) is 107 Å². The van der Waals surface area contributed by atoms with Crippen LogP contribution in [0.25, 0.3) is 0 Å². The number of anilines is 1. The van der Waals surface area contributed by atoms with Gasteiger partial charge in [-0.3, -0.25) is 84.6 Å². The summed E-state index contributed by atoms with van der Waals surface area (Å²) in [6, 6.07) is 0. The third kappa shape index (κ3) is 14.5. The van der Waals surface area contributed by atoms with E-state index in [-0.39, 0.29) is 40.9 Å². The average molecular weight is 1630 g/mol. The molecule has 0 radical (unpaired) electrons. The van der Waals surface area contributed by atoms with Crippen molar-refractivity contribution in [3.63, 3.8) is 0 Å². The second kappa shape index (κ2) is 28.8. The normalized spacial score (nSPS) is 35.9. The fourth-order valence-corrected chi connectivity index (χ4v) is 19.8. The van der Waals surface area contributed by atoms with Gasteiger partial charge in [0.15, 0.2) is 18.7 Å². The molecular weight excluding hydrogens is 1550 g/mol. The smallest absolute Gasteiger partial charge is 0.387 e. The van der Waals surface area contributed by atoms with Gasteiger partial charge in [-0.25, -0.2) is 33.1 Å². The molecule has 8 fully saturated rings. The number of aliphatic hydroxyl groups excluding tert-OH is 1. The lowest BCUT2D eigenvalue weighted by molar-refractivity contribution is -0.219. The average Bonchev–Trinajstić information content (AvgIpc) is 1.56. The lowest BCUT2D eigenvalue weighted by Gasteiger charge is -2.38. The molecule has 7 unspecified atom stereocenters. The maximum Gasteiger partial charge on any atom is 0.472 e. The van der Waals surface area contributed by atoms with Crippen LogP contribution in [0.5, 0.6) is 0 Å². The first-order valence-electron chi connectivity index (χ1n) is 32.8. The predicted molar refractivity (Wildman–Crippen MR) is 370 cm³/mol. The van der Waals surface area contributed by atoms with Crippen LogP contribution in [0.2, 0.25) is 0 Å². The molecule has 6 bridgehead atoms. The van der Waals surface area contributed by atoms with E-state index in [1.165, 1.54) is 71.6 Å². The van der Waals surface area contributed by atoms with Crippen molar-refractivity contribution in [2.75, 3.05) is 32.2 Å². The van der Waals surface area contributed by atoms with Crippen LogP contribution in [0.1, 0.15) is 106 Å². The summed E-state index contributed by atoms with van der Waals surface area (Å²) < 4.78 is 133. The molecule has 0 aromatic carbocycles. The molecule has 8 aliphatic heterocycles.